The Bertz CT molecular complexity index is 248. The normalized spacial score (nSPS) is 29.6. The third-order valence-corrected chi connectivity index (χ3v) is 4.54. The molecule has 1 N–H and O–H groups in total. The molecule has 0 radical (unpaired) electrons. The van der Waals surface area contributed by atoms with Crippen molar-refractivity contribution in [3.8, 4) is 0 Å². The lowest BCUT2D eigenvalue weighted by atomic mass is 10.3. The van der Waals surface area contributed by atoms with Gasteiger partial charge >= 0.3 is 0 Å². The summed E-state index contributed by atoms with van der Waals surface area (Å²) in [4.78, 5) is 0. The molecule has 1 fully saturated rings. The Kier molecular flexibility index (Phi) is 6.75. The molecule has 1 aliphatic rings. The highest BCUT2D eigenvalue weighted by Crippen LogP contribution is 2.44. The smallest absolute Gasteiger partial charge is 0.268 e. The van der Waals surface area contributed by atoms with Crippen LogP contribution in [0.15, 0.2) is 0 Å². The van der Waals surface area contributed by atoms with Crippen LogP contribution in [0.3, 0.4) is 0 Å². The van der Waals surface area contributed by atoms with Crippen molar-refractivity contribution in [2.45, 2.75) is 26.6 Å². The zero-order valence-corrected chi connectivity index (χ0v) is 10.8. The number of nitrogens with one attached hydrogen (secondary N) is 1. The first kappa shape index (κ1) is 16.1. The molecule has 5 nitrogen and oxygen atoms in total. The number of nitrogens with zero attached hydrogens (tertiary/aromatic N) is 1. The molecule has 16 heavy (non-hydrogen) atoms. The van der Waals surface area contributed by atoms with Crippen LogP contribution in [0.25, 0.3) is 0 Å². The Morgan fingerprint density at radius 2 is 2.12 bits per heavy atom. The van der Waals surface area contributed by atoms with Gasteiger partial charge in [0, 0.05) is 19.8 Å². The average Bonchev–Trinajstić information content (AvgIpc) is 2.15. The van der Waals surface area contributed by atoms with E-state index in [-0.39, 0.29) is 19.6 Å². The number of rotatable bonds is 4. The maximum Gasteiger partial charge on any atom is 0.268 e. The molecular weight excluding hydrogens is 227 g/mol. The number of hydrogen-bond acceptors (Lipinski definition) is 4. The minimum Gasteiger partial charge on any atom is -0.370 e. The summed E-state index contributed by atoms with van der Waals surface area (Å²) in [7, 11) is 0.881. The molecule has 0 aliphatic carbocycles. The van der Waals surface area contributed by atoms with Crippen molar-refractivity contribution in [3.05, 3.63) is 0 Å². The predicted octanol–water partition coefficient (Wildman–Crippen LogP) is 1.40. The van der Waals surface area contributed by atoms with Gasteiger partial charge in [0.15, 0.2) is 0 Å². The third kappa shape index (κ3) is 4.93. The zero-order valence-electron chi connectivity index (χ0n) is 9.90. The van der Waals surface area contributed by atoms with Crippen LogP contribution in [0.2, 0.25) is 0 Å². The summed E-state index contributed by atoms with van der Waals surface area (Å²) in [5.74, 6) is 0. The molecule has 1 rings (SSSR count). The fourth-order valence-corrected chi connectivity index (χ4v) is 1.98. The van der Waals surface area contributed by atoms with Crippen LogP contribution >= 0.6 is 7.52 Å². The topological polar surface area (TPSA) is 50.8 Å². The van der Waals surface area contributed by atoms with Crippen LogP contribution in [-0.4, -0.2) is 57.3 Å². The van der Waals surface area contributed by atoms with Crippen molar-refractivity contribution in [1.29, 1.82) is 0 Å². The van der Waals surface area contributed by atoms with Crippen LogP contribution in [-0.2, 0) is 13.8 Å². The predicted molar refractivity (Wildman–Crippen MR) is 67.1 cm³/mol. The second kappa shape index (κ2) is 6.72. The Balaban J connectivity index is 0.00000225. The minimum atomic E-state index is -2.63. The van der Waals surface area contributed by atoms with Gasteiger partial charge in [0.05, 0.1) is 18.8 Å². The van der Waals surface area contributed by atoms with Gasteiger partial charge in [-0.25, -0.2) is 4.67 Å². The van der Waals surface area contributed by atoms with E-state index in [1.165, 1.54) is 0 Å². The van der Waals surface area contributed by atoms with Gasteiger partial charge < -0.3 is 14.6 Å². The van der Waals surface area contributed by atoms with E-state index in [4.69, 9.17) is 9.26 Å². The van der Waals surface area contributed by atoms with E-state index in [0.717, 1.165) is 13.1 Å². The molecule has 1 saturated heterocycles. The fourth-order valence-electron chi connectivity index (χ4n) is 1.31. The van der Waals surface area contributed by atoms with Crippen molar-refractivity contribution < 1.29 is 13.8 Å². The Labute approximate surface area is 99.0 Å². The first-order valence-corrected chi connectivity index (χ1v) is 7.20. The van der Waals surface area contributed by atoms with Gasteiger partial charge in [-0.15, -0.1) is 0 Å². The van der Waals surface area contributed by atoms with E-state index in [2.05, 4.69) is 5.32 Å². The van der Waals surface area contributed by atoms with Crippen molar-refractivity contribution in [1.82, 2.24) is 9.99 Å². The van der Waals surface area contributed by atoms with Crippen molar-refractivity contribution in [3.63, 3.8) is 0 Å². The van der Waals surface area contributed by atoms with E-state index < -0.39 is 7.52 Å². The van der Waals surface area contributed by atoms with E-state index >= 15 is 0 Å². The van der Waals surface area contributed by atoms with Crippen LogP contribution in [0, 0.1) is 0 Å². The molecule has 0 aromatic rings. The van der Waals surface area contributed by atoms with Gasteiger partial charge in [0.1, 0.15) is 0 Å². The average molecular weight is 252 g/mol. The summed E-state index contributed by atoms with van der Waals surface area (Å²) in [6.45, 7) is 5.64. The van der Waals surface area contributed by atoms with Gasteiger partial charge in [0.2, 0.25) is 0 Å². The number of ether oxygens (including phenoxy) is 1. The summed E-state index contributed by atoms with van der Waals surface area (Å²) >= 11 is 0. The summed E-state index contributed by atoms with van der Waals surface area (Å²) in [5, 5.41) is 3.24. The van der Waals surface area contributed by atoms with Crippen LogP contribution < -0.4 is 5.32 Å². The molecular formula is C10H25N2O3P. The monoisotopic (exact) mass is 252 g/mol. The lowest BCUT2D eigenvalue weighted by molar-refractivity contribution is -0.0474. The first-order chi connectivity index (χ1) is 6.92. The van der Waals surface area contributed by atoms with Crippen LogP contribution in [0.5, 0.6) is 0 Å². The molecule has 0 saturated carbocycles. The quantitative estimate of drug-likeness (QED) is 0.766. The van der Waals surface area contributed by atoms with Crippen LogP contribution in [0.4, 0.5) is 0 Å². The third-order valence-electron chi connectivity index (χ3n) is 2.46. The Morgan fingerprint density at radius 1 is 1.50 bits per heavy atom. The fraction of sp³-hybridized carbons (Fsp3) is 1.00. The van der Waals surface area contributed by atoms with Gasteiger partial charge in [0.25, 0.3) is 7.52 Å². The largest absolute Gasteiger partial charge is 0.370 e. The summed E-state index contributed by atoms with van der Waals surface area (Å²) in [6.07, 6.45) is 0.199. The van der Waals surface area contributed by atoms with Crippen LogP contribution in [0.1, 0.15) is 14.4 Å². The standard InChI is InChI=1S/C9H21N2O3P.CH4/c1-8-5-10-6-9(14-8)7-13-15(4,12)11(2)3;/h8-10H,5-7H2,1-4H3;1H4/t8-,9-,15?;/m0./s1. The van der Waals surface area contributed by atoms with E-state index in [1.807, 2.05) is 6.92 Å². The molecule has 1 unspecified atom stereocenters. The summed E-state index contributed by atoms with van der Waals surface area (Å²) in [6, 6.07) is 0. The van der Waals surface area contributed by atoms with Crippen molar-refractivity contribution in [2.75, 3.05) is 40.5 Å². The van der Waals surface area contributed by atoms with Crippen molar-refractivity contribution >= 4 is 7.52 Å². The van der Waals surface area contributed by atoms with Gasteiger partial charge in [-0.3, -0.25) is 4.57 Å². The molecule has 0 aromatic carbocycles. The van der Waals surface area contributed by atoms with Gasteiger partial charge in [-0.05, 0) is 21.0 Å². The minimum absolute atomic E-state index is 0. The second-order valence-electron chi connectivity index (χ2n) is 4.17. The molecule has 6 heteroatoms. The maximum atomic E-state index is 11.9. The lowest BCUT2D eigenvalue weighted by Crippen LogP contribution is -2.45. The Morgan fingerprint density at radius 3 is 2.62 bits per heavy atom. The molecule has 0 aromatic heterocycles. The highest BCUT2D eigenvalue weighted by atomic mass is 31.2. The molecule has 1 aliphatic heterocycles. The molecule has 0 bridgehead atoms. The SMILES string of the molecule is C.C[C@H]1CNC[C@@H](COP(C)(=O)N(C)C)O1. The van der Waals surface area contributed by atoms with Crippen molar-refractivity contribution in [2.24, 2.45) is 0 Å². The van der Waals surface area contributed by atoms with E-state index in [1.54, 1.807) is 25.4 Å². The molecule has 0 amide bonds. The highest BCUT2D eigenvalue weighted by Gasteiger charge is 2.24. The molecule has 1 heterocycles. The highest BCUT2D eigenvalue weighted by molar-refractivity contribution is 7.55. The number of morpholine rings is 1. The zero-order chi connectivity index (χ0) is 11.5. The van der Waals surface area contributed by atoms with Gasteiger partial charge in [-0.1, -0.05) is 7.43 Å². The molecule has 98 valence electrons. The first-order valence-electron chi connectivity index (χ1n) is 5.18. The maximum absolute atomic E-state index is 11.9. The van der Waals surface area contributed by atoms with Gasteiger partial charge in [-0.2, -0.15) is 0 Å². The summed E-state index contributed by atoms with van der Waals surface area (Å²) in [5.41, 5.74) is 0. The molecule has 3 atom stereocenters. The van der Waals surface area contributed by atoms with E-state index in [0.29, 0.717) is 6.61 Å². The molecule has 0 spiro atoms. The second-order valence-corrected chi connectivity index (χ2v) is 6.84. The van der Waals surface area contributed by atoms with E-state index in [9.17, 15) is 4.57 Å². The number of hydrogen-bond donors (Lipinski definition) is 1. The summed E-state index contributed by atoms with van der Waals surface area (Å²) < 4.78 is 24.5. The Hall–Kier alpha value is 0.0700. The lowest BCUT2D eigenvalue weighted by Gasteiger charge is -2.30.